The molecule has 0 saturated carbocycles. The van der Waals surface area contributed by atoms with Gasteiger partial charge in [-0.25, -0.2) is 0 Å². The van der Waals surface area contributed by atoms with Crippen molar-refractivity contribution in [1.82, 2.24) is 20.4 Å². The molecule has 0 atom stereocenters. The molecule has 0 bridgehead atoms. The highest BCUT2D eigenvalue weighted by Crippen LogP contribution is 2.16. The molecule has 10 heteroatoms. The molecule has 0 aliphatic heterocycles. The van der Waals surface area contributed by atoms with E-state index in [1.807, 2.05) is 23.9 Å². The number of aliphatic imine (C=N–C) groups is 1. The normalized spacial score (nSPS) is 11.9. The highest BCUT2D eigenvalue weighted by molar-refractivity contribution is 14.0. The summed E-state index contributed by atoms with van der Waals surface area (Å²) in [6.45, 7) is 4.07. The van der Waals surface area contributed by atoms with Crippen LogP contribution in [0.5, 0.6) is 0 Å². The molecular formula is C21H31F3IN5O. The summed E-state index contributed by atoms with van der Waals surface area (Å²) in [6, 6.07) is 7.25. The molecule has 1 aromatic carbocycles. The zero-order chi connectivity index (χ0) is 22.1. The molecule has 0 radical (unpaired) electrons. The fourth-order valence-corrected chi connectivity index (χ4v) is 3.21. The lowest BCUT2D eigenvalue weighted by molar-refractivity contribution is -0.176. The first-order chi connectivity index (χ1) is 14.3. The zero-order valence-electron chi connectivity index (χ0n) is 18.3. The van der Waals surface area contributed by atoms with E-state index in [1.165, 1.54) is 11.3 Å². The number of hydrogen-bond acceptors (Lipinski definition) is 3. The van der Waals surface area contributed by atoms with Crippen molar-refractivity contribution in [2.45, 2.75) is 52.6 Å². The van der Waals surface area contributed by atoms with Gasteiger partial charge in [0, 0.05) is 38.4 Å². The molecule has 174 valence electrons. The van der Waals surface area contributed by atoms with E-state index >= 15 is 0 Å². The van der Waals surface area contributed by atoms with Crippen molar-refractivity contribution in [3.05, 3.63) is 52.3 Å². The van der Waals surface area contributed by atoms with Gasteiger partial charge in [0.05, 0.1) is 12.3 Å². The van der Waals surface area contributed by atoms with Crippen LogP contribution in [0.2, 0.25) is 0 Å². The number of benzene rings is 1. The molecule has 1 aromatic heterocycles. The lowest BCUT2D eigenvalue weighted by Gasteiger charge is -2.13. The van der Waals surface area contributed by atoms with E-state index in [-0.39, 0.29) is 30.6 Å². The molecular weight excluding hydrogens is 522 g/mol. The highest BCUT2D eigenvalue weighted by atomic mass is 127. The van der Waals surface area contributed by atoms with Crippen molar-refractivity contribution in [3.63, 3.8) is 0 Å². The third-order valence-electron chi connectivity index (χ3n) is 4.70. The average molecular weight is 553 g/mol. The Hall–Kier alpha value is -1.82. The highest BCUT2D eigenvalue weighted by Gasteiger charge is 2.27. The third kappa shape index (κ3) is 8.68. The van der Waals surface area contributed by atoms with Crippen molar-refractivity contribution in [3.8, 4) is 0 Å². The number of guanidine groups is 1. The molecule has 0 unspecified atom stereocenters. The quantitative estimate of drug-likeness (QED) is 0.279. The molecule has 1 heterocycles. The van der Waals surface area contributed by atoms with Gasteiger partial charge >= 0.3 is 6.18 Å². The van der Waals surface area contributed by atoms with Gasteiger partial charge in [-0.2, -0.15) is 18.3 Å². The van der Waals surface area contributed by atoms with Crippen LogP contribution < -0.4 is 10.6 Å². The van der Waals surface area contributed by atoms with Gasteiger partial charge in [-0.1, -0.05) is 38.1 Å². The number of aryl methyl sites for hydroxylation is 2. The molecule has 6 nitrogen and oxygen atoms in total. The summed E-state index contributed by atoms with van der Waals surface area (Å²) in [5.74, 6) is 0.667. The minimum Gasteiger partial charge on any atom is -0.367 e. The van der Waals surface area contributed by atoms with Crippen LogP contribution >= 0.6 is 24.0 Å². The van der Waals surface area contributed by atoms with Crippen LogP contribution in [0.4, 0.5) is 13.2 Å². The number of ether oxygens (including phenoxy) is 1. The second kappa shape index (κ2) is 12.9. The van der Waals surface area contributed by atoms with Gasteiger partial charge in [0.1, 0.15) is 6.61 Å². The summed E-state index contributed by atoms with van der Waals surface area (Å²) < 4.78 is 43.0. The Kier molecular flexibility index (Phi) is 11.3. The van der Waals surface area contributed by atoms with Crippen molar-refractivity contribution < 1.29 is 17.9 Å². The maximum absolute atomic E-state index is 12.1. The maximum atomic E-state index is 12.1. The molecule has 0 spiro atoms. The Labute approximate surface area is 198 Å². The summed E-state index contributed by atoms with van der Waals surface area (Å²) >= 11 is 0. The smallest absolute Gasteiger partial charge is 0.367 e. The van der Waals surface area contributed by atoms with Crippen molar-refractivity contribution >= 4 is 29.9 Å². The Bertz CT molecular complexity index is 835. The number of hydrogen-bond donors (Lipinski definition) is 2. The van der Waals surface area contributed by atoms with E-state index < -0.39 is 12.8 Å². The Balaban J connectivity index is 0.00000480. The second-order valence-electron chi connectivity index (χ2n) is 6.91. The second-order valence-corrected chi connectivity index (χ2v) is 6.91. The standard InChI is InChI=1S/C21H30F3N5O.HI/c1-5-18-17(19(6-2)29(4)28-18)12-27-20(25-3)26-11-15-7-9-16(10-8-15)13-30-14-21(22,23)24;/h7-10H,5-6,11-14H2,1-4H3,(H2,25,26,27);1H. The minimum absolute atomic E-state index is 0. The van der Waals surface area contributed by atoms with Crippen molar-refractivity contribution in [1.29, 1.82) is 0 Å². The van der Waals surface area contributed by atoms with Gasteiger partial charge in [-0.3, -0.25) is 9.67 Å². The average Bonchev–Trinajstić information content (AvgIpc) is 3.02. The van der Waals surface area contributed by atoms with Gasteiger partial charge in [0.2, 0.25) is 0 Å². The molecule has 0 saturated heterocycles. The molecule has 2 N–H and O–H groups in total. The third-order valence-corrected chi connectivity index (χ3v) is 4.70. The fraction of sp³-hybridized carbons (Fsp3) is 0.524. The molecule has 2 rings (SSSR count). The summed E-state index contributed by atoms with van der Waals surface area (Å²) in [5, 5.41) is 11.2. The van der Waals surface area contributed by atoms with Crippen molar-refractivity contribution in [2.75, 3.05) is 13.7 Å². The Morgan fingerprint density at radius 3 is 2.23 bits per heavy atom. The molecule has 0 fully saturated rings. The summed E-state index contributed by atoms with van der Waals surface area (Å²) in [4.78, 5) is 4.26. The topological polar surface area (TPSA) is 63.5 Å². The van der Waals surface area contributed by atoms with E-state index in [0.29, 0.717) is 24.6 Å². The largest absolute Gasteiger partial charge is 0.411 e. The van der Waals surface area contributed by atoms with E-state index in [9.17, 15) is 13.2 Å². The van der Waals surface area contributed by atoms with Gasteiger partial charge in [0.25, 0.3) is 0 Å². The minimum atomic E-state index is -4.31. The summed E-state index contributed by atoms with van der Waals surface area (Å²) in [6.07, 6.45) is -2.53. The number of aromatic nitrogens is 2. The van der Waals surface area contributed by atoms with Crippen LogP contribution in [-0.4, -0.2) is 35.6 Å². The van der Waals surface area contributed by atoms with Gasteiger partial charge in [-0.15, -0.1) is 24.0 Å². The van der Waals surface area contributed by atoms with E-state index in [0.717, 1.165) is 24.1 Å². The van der Waals surface area contributed by atoms with Crippen molar-refractivity contribution in [2.24, 2.45) is 12.0 Å². The molecule has 0 aliphatic rings. The molecule has 31 heavy (non-hydrogen) atoms. The summed E-state index contributed by atoms with van der Waals surface area (Å²) in [5.41, 5.74) is 5.18. The Morgan fingerprint density at radius 2 is 1.68 bits per heavy atom. The van der Waals surface area contributed by atoms with E-state index in [4.69, 9.17) is 0 Å². The first-order valence-electron chi connectivity index (χ1n) is 9.97. The zero-order valence-corrected chi connectivity index (χ0v) is 20.7. The lowest BCUT2D eigenvalue weighted by atomic mass is 10.1. The van der Waals surface area contributed by atoms with Crippen LogP contribution in [0.15, 0.2) is 29.3 Å². The Morgan fingerprint density at radius 1 is 1.06 bits per heavy atom. The van der Waals surface area contributed by atoms with Crippen LogP contribution in [0.25, 0.3) is 0 Å². The molecule has 0 amide bonds. The predicted molar refractivity (Wildman–Crippen MR) is 127 cm³/mol. The van der Waals surface area contributed by atoms with E-state index in [2.05, 4.69) is 39.3 Å². The van der Waals surface area contributed by atoms with Gasteiger partial charge in [-0.05, 0) is 24.0 Å². The fourth-order valence-electron chi connectivity index (χ4n) is 3.21. The van der Waals surface area contributed by atoms with Gasteiger partial charge in [0.15, 0.2) is 5.96 Å². The predicted octanol–water partition coefficient (Wildman–Crippen LogP) is 4.11. The van der Waals surface area contributed by atoms with Gasteiger partial charge < -0.3 is 15.4 Å². The number of rotatable bonds is 9. The van der Waals surface area contributed by atoms with E-state index in [1.54, 1.807) is 19.2 Å². The molecule has 0 aliphatic carbocycles. The number of nitrogens with zero attached hydrogens (tertiary/aromatic N) is 3. The van der Waals surface area contributed by atoms with Crippen LogP contribution in [0.3, 0.4) is 0 Å². The SMILES string of the molecule is CCc1nn(C)c(CC)c1CNC(=NC)NCc1ccc(COCC(F)(F)F)cc1.I. The first kappa shape index (κ1) is 27.2. The summed E-state index contributed by atoms with van der Waals surface area (Å²) in [7, 11) is 3.67. The monoisotopic (exact) mass is 553 g/mol. The van der Waals surface area contributed by atoms with Crippen LogP contribution in [0, 0.1) is 0 Å². The number of halogens is 4. The maximum Gasteiger partial charge on any atom is 0.411 e. The number of alkyl halides is 3. The first-order valence-corrected chi connectivity index (χ1v) is 9.97. The van der Waals surface area contributed by atoms with Crippen LogP contribution in [-0.2, 0) is 44.3 Å². The van der Waals surface area contributed by atoms with Crippen LogP contribution in [0.1, 0.15) is 41.9 Å². The lowest BCUT2D eigenvalue weighted by Crippen LogP contribution is -2.36. The number of nitrogens with one attached hydrogen (secondary N) is 2. The molecule has 2 aromatic rings.